The van der Waals surface area contributed by atoms with Crippen LogP contribution in [-0.4, -0.2) is 67.6 Å². The summed E-state index contributed by atoms with van der Waals surface area (Å²) < 4.78 is 7.12. The molecule has 0 aromatic rings. The highest BCUT2D eigenvalue weighted by atomic mass is 79.9. The molecule has 1 unspecified atom stereocenters. The number of aliphatic hydroxyl groups is 1. The first-order valence-corrected chi connectivity index (χ1v) is 15.8. The lowest BCUT2D eigenvalue weighted by atomic mass is 10.0. The molecule has 5 heteroatoms. The van der Waals surface area contributed by atoms with Crippen LogP contribution < -0.4 is 17.0 Å². The van der Waals surface area contributed by atoms with E-state index in [1.54, 1.807) is 0 Å². The molecule has 0 aliphatic carbocycles. The highest BCUT2D eigenvalue weighted by molar-refractivity contribution is 7.99. The minimum Gasteiger partial charge on any atom is -1.00 e. The number of quaternary nitrogens is 1. The van der Waals surface area contributed by atoms with Gasteiger partial charge < -0.3 is 31.3 Å². The number of rotatable bonds is 27. The number of ether oxygens (including phenoxy) is 1. The van der Waals surface area contributed by atoms with Crippen LogP contribution >= 0.6 is 11.8 Å². The average molecular weight is 569 g/mol. The minimum atomic E-state index is 0. The van der Waals surface area contributed by atoms with E-state index >= 15 is 0 Å². The molecule has 1 N–H and O–H groups in total. The van der Waals surface area contributed by atoms with Gasteiger partial charge >= 0.3 is 0 Å². The third kappa shape index (κ3) is 27.3. The first-order valence-electron chi connectivity index (χ1n) is 14.7. The maximum Gasteiger partial charge on any atom is 0.115 e. The first-order chi connectivity index (χ1) is 16.1. The molecule has 0 fully saturated rings. The molecule has 0 rings (SSSR count). The van der Waals surface area contributed by atoms with Crippen molar-refractivity contribution in [3.05, 3.63) is 0 Å². The van der Waals surface area contributed by atoms with E-state index < -0.39 is 0 Å². The second-order valence-corrected chi connectivity index (χ2v) is 11.9. The van der Waals surface area contributed by atoms with Crippen LogP contribution in [0.4, 0.5) is 0 Å². The fourth-order valence-corrected chi connectivity index (χ4v) is 5.50. The fraction of sp³-hybridized carbons (Fsp3) is 1.00. The van der Waals surface area contributed by atoms with E-state index in [1.165, 1.54) is 121 Å². The van der Waals surface area contributed by atoms with Gasteiger partial charge in [0.15, 0.2) is 0 Å². The van der Waals surface area contributed by atoms with Crippen molar-refractivity contribution in [3.63, 3.8) is 0 Å². The number of likely N-dealkylation sites (N-methyl/N-ethyl adjacent to an activating group) is 1. The predicted octanol–water partition coefficient (Wildman–Crippen LogP) is 5.24. The number of aliphatic hydroxyl groups excluding tert-OH is 1. The Labute approximate surface area is 229 Å². The van der Waals surface area contributed by atoms with Gasteiger partial charge in [-0.25, -0.2) is 0 Å². The van der Waals surface area contributed by atoms with Crippen molar-refractivity contribution >= 4 is 11.8 Å². The van der Waals surface area contributed by atoms with Crippen molar-refractivity contribution in [2.75, 3.05) is 51.9 Å². The number of halogens is 1. The lowest BCUT2D eigenvalue weighted by Crippen LogP contribution is -3.00. The van der Waals surface area contributed by atoms with E-state index in [2.05, 4.69) is 39.7 Å². The Morgan fingerprint density at radius 1 is 0.676 bits per heavy atom. The summed E-state index contributed by atoms with van der Waals surface area (Å²) in [6.07, 6.45) is 25.3. The van der Waals surface area contributed by atoms with Gasteiger partial charge in [-0.2, -0.15) is 11.8 Å². The standard InChI is InChI=1S/C29H62NO2S.BrH/c1-5-7-9-11-12-13-14-15-16-17-18-19-20-22-26-33-28-29(27-30(3,4)23-24-31)32-25-21-10-8-6-2;/h29,31H,5-28H2,1-4H3;1H/q+1;/p-1. The molecule has 0 bridgehead atoms. The van der Waals surface area contributed by atoms with Gasteiger partial charge in [-0.05, 0) is 18.6 Å². The molecule has 0 aromatic heterocycles. The lowest BCUT2D eigenvalue weighted by Gasteiger charge is -2.33. The molecule has 34 heavy (non-hydrogen) atoms. The Bertz CT molecular complexity index is 385. The first kappa shape index (κ1) is 36.9. The highest BCUT2D eigenvalue weighted by Crippen LogP contribution is 2.16. The SMILES string of the molecule is CCCCCCCCCCCCCCCCSCC(C[N+](C)(C)CCO)OCCCCCC.[Br-]. The Balaban J connectivity index is 0. The maximum absolute atomic E-state index is 9.35. The molecule has 0 amide bonds. The van der Waals surface area contributed by atoms with E-state index in [-0.39, 0.29) is 23.6 Å². The molecule has 0 saturated carbocycles. The summed E-state index contributed by atoms with van der Waals surface area (Å²) in [5.74, 6) is 2.36. The van der Waals surface area contributed by atoms with Crippen molar-refractivity contribution < 1.29 is 31.3 Å². The quantitative estimate of drug-likeness (QED) is 0.109. The van der Waals surface area contributed by atoms with E-state index in [0.29, 0.717) is 6.10 Å². The van der Waals surface area contributed by atoms with E-state index in [9.17, 15) is 5.11 Å². The average Bonchev–Trinajstić information content (AvgIpc) is 2.78. The van der Waals surface area contributed by atoms with E-state index in [4.69, 9.17) is 4.74 Å². The third-order valence-corrected chi connectivity index (χ3v) is 7.89. The van der Waals surface area contributed by atoms with Crippen LogP contribution in [0.2, 0.25) is 0 Å². The molecular weight excluding hydrogens is 506 g/mol. The predicted molar refractivity (Wildman–Crippen MR) is 150 cm³/mol. The Morgan fingerprint density at radius 2 is 1.12 bits per heavy atom. The molecule has 0 aliphatic rings. The van der Waals surface area contributed by atoms with Gasteiger partial charge in [0.25, 0.3) is 0 Å². The molecule has 0 heterocycles. The highest BCUT2D eigenvalue weighted by Gasteiger charge is 2.22. The Morgan fingerprint density at radius 3 is 1.59 bits per heavy atom. The summed E-state index contributed by atoms with van der Waals surface area (Å²) in [5.41, 5.74) is 0. The maximum atomic E-state index is 9.35. The number of hydrogen-bond donors (Lipinski definition) is 1. The monoisotopic (exact) mass is 567 g/mol. The summed E-state index contributed by atoms with van der Waals surface area (Å²) in [7, 11) is 4.42. The number of thioether (sulfide) groups is 1. The number of hydrogen-bond acceptors (Lipinski definition) is 3. The number of nitrogens with zero attached hydrogens (tertiary/aromatic N) is 1. The van der Waals surface area contributed by atoms with Gasteiger partial charge in [-0.1, -0.05) is 117 Å². The fourth-order valence-electron chi connectivity index (χ4n) is 4.46. The van der Waals surface area contributed by atoms with Crippen LogP contribution in [0.15, 0.2) is 0 Å². The van der Waals surface area contributed by atoms with Crippen molar-refractivity contribution in [3.8, 4) is 0 Å². The van der Waals surface area contributed by atoms with Crippen molar-refractivity contribution in [2.24, 2.45) is 0 Å². The number of unbranched alkanes of at least 4 members (excludes halogenated alkanes) is 16. The van der Waals surface area contributed by atoms with Crippen molar-refractivity contribution in [1.29, 1.82) is 0 Å². The topological polar surface area (TPSA) is 29.5 Å². The lowest BCUT2D eigenvalue weighted by molar-refractivity contribution is -0.893. The second kappa shape index (κ2) is 28.3. The second-order valence-electron chi connectivity index (χ2n) is 10.8. The molecule has 208 valence electrons. The molecule has 0 aliphatic heterocycles. The van der Waals surface area contributed by atoms with Gasteiger partial charge in [0.1, 0.15) is 19.2 Å². The minimum absolute atomic E-state index is 0. The summed E-state index contributed by atoms with van der Waals surface area (Å²) in [4.78, 5) is 0. The molecule has 1 atom stereocenters. The third-order valence-electron chi connectivity index (χ3n) is 6.70. The molecule has 0 saturated heterocycles. The van der Waals surface area contributed by atoms with Crippen LogP contribution in [0.3, 0.4) is 0 Å². The molecular formula is C29H62BrNO2S. The summed E-state index contributed by atoms with van der Waals surface area (Å²) in [5, 5.41) is 9.35. The molecule has 0 spiro atoms. The summed E-state index contributed by atoms with van der Waals surface area (Å²) in [6.45, 7) is 7.50. The normalized spacial score (nSPS) is 12.6. The summed E-state index contributed by atoms with van der Waals surface area (Å²) in [6, 6.07) is 0. The summed E-state index contributed by atoms with van der Waals surface area (Å²) >= 11 is 2.08. The van der Waals surface area contributed by atoms with Crippen LogP contribution in [0.1, 0.15) is 129 Å². The Hall–Kier alpha value is 0.710. The smallest absolute Gasteiger partial charge is 0.115 e. The van der Waals surface area contributed by atoms with Gasteiger partial charge in [-0.3, -0.25) is 0 Å². The van der Waals surface area contributed by atoms with Gasteiger partial charge in [0, 0.05) is 12.4 Å². The molecule has 3 nitrogen and oxygen atoms in total. The van der Waals surface area contributed by atoms with Crippen LogP contribution in [0, 0.1) is 0 Å². The van der Waals surface area contributed by atoms with Gasteiger partial charge in [0.05, 0.1) is 20.7 Å². The molecule has 0 radical (unpaired) electrons. The van der Waals surface area contributed by atoms with Crippen molar-refractivity contribution in [2.45, 2.75) is 136 Å². The van der Waals surface area contributed by atoms with Gasteiger partial charge in [-0.15, -0.1) is 0 Å². The van der Waals surface area contributed by atoms with Crippen LogP contribution in [0.5, 0.6) is 0 Å². The largest absolute Gasteiger partial charge is 1.00 e. The van der Waals surface area contributed by atoms with Crippen LogP contribution in [-0.2, 0) is 4.74 Å². The van der Waals surface area contributed by atoms with E-state index in [1.807, 2.05) is 0 Å². The Kier molecular flexibility index (Phi) is 30.7. The zero-order valence-corrected chi connectivity index (χ0v) is 26.0. The van der Waals surface area contributed by atoms with E-state index in [0.717, 1.165) is 29.9 Å². The van der Waals surface area contributed by atoms with Crippen LogP contribution in [0.25, 0.3) is 0 Å². The molecule has 0 aromatic carbocycles. The zero-order chi connectivity index (χ0) is 24.5. The zero-order valence-electron chi connectivity index (χ0n) is 23.6. The van der Waals surface area contributed by atoms with Gasteiger partial charge in [0.2, 0.25) is 0 Å². The van der Waals surface area contributed by atoms with Crippen molar-refractivity contribution in [1.82, 2.24) is 0 Å².